The number of carbonyl (C=O) groups is 1. The van der Waals surface area contributed by atoms with Crippen molar-refractivity contribution in [1.29, 1.82) is 0 Å². The summed E-state index contributed by atoms with van der Waals surface area (Å²) < 4.78 is 0. The van der Waals surface area contributed by atoms with Crippen LogP contribution in [0.2, 0.25) is 0 Å². The van der Waals surface area contributed by atoms with Gasteiger partial charge in [0, 0.05) is 43.9 Å². The van der Waals surface area contributed by atoms with Crippen LogP contribution in [0.4, 0.5) is 0 Å². The Morgan fingerprint density at radius 1 is 1.24 bits per heavy atom. The molecule has 1 aromatic heterocycles. The normalized spacial score (nSPS) is 19.3. The number of rotatable bonds is 2. The first-order valence-electron chi connectivity index (χ1n) is 7.81. The first-order valence-corrected chi connectivity index (χ1v) is 7.81. The average Bonchev–Trinajstić information content (AvgIpc) is 2.72. The second kappa shape index (κ2) is 7.27. The van der Waals surface area contributed by atoms with Crippen LogP contribution in [0.3, 0.4) is 0 Å². The molecule has 2 aliphatic rings. The van der Waals surface area contributed by atoms with Crippen molar-refractivity contribution in [3.63, 3.8) is 0 Å². The van der Waals surface area contributed by atoms with Crippen LogP contribution in [-0.2, 0) is 13.0 Å². The molecule has 0 aromatic carbocycles. The van der Waals surface area contributed by atoms with Gasteiger partial charge in [0.05, 0.1) is 0 Å². The third-order valence-electron chi connectivity index (χ3n) is 4.70. The van der Waals surface area contributed by atoms with Crippen molar-refractivity contribution < 1.29 is 4.79 Å². The Kier molecular flexibility index (Phi) is 5.65. The molecule has 1 saturated carbocycles. The second-order valence-corrected chi connectivity index (χ2v) is 6.02. The molecule has 5 nitrogen and oxygen atoms in total. The molecule has 1 aliphatic heterocycles. The number of carbonyl (C=O) groups excluding carboxylic acids is 1. The molecule has 6 heteroatoms. The number of hydrogen-bond acceptors (Lipinski definition) is 3. The standard InChI is InChI=1S/C15H24N4O.ClH/c1-19(11-6-4-2-3-5-7-11)15(20)14-12-10-16-9-8-13(12)17-18-14;/h11,16H,2-10H2,1H3,(H,17,18);1H. The quantitative estimate of drug-likeness (QED) is 0.824. The summed E-state index contributed by atoms with van der Waals surface area (Å²) in [5.74, 6) is 0.0816. The highest BCUT2D eigenvalue weighted by Crippen LogP contribution is 2.23. The van der Waals surface area contributed by atoms with E-state index in [9.17, 15) is 4.79 Å². The molecule has 0 unspecified atom stereocenters. The number of aromatic nitrogens is 2. The van der Waals surface area contributed by atoms with Gasteiger partial charge in [-0.3, -0.25) is 9.89 Å². The second-order valence-electron chi connectivity index (χ2n) is 6.02. The van der Waals surface area contributed by atoms with Gasteiger partial charge in [0.2, 0.25) is 0 Å². The third-order valence-corrected chi connectivity index (χ3v) is 4.70. The molecule has 0 atom stereocenters. The SMILES string of the molecule is CN(C(=O)c1n[nH]c2c1CNCC2)C1CCCCCC1.Cl. The summed E-state index contributed by atoms with van der Waals surface area (Å²) in [5, 5.41) is 10.6. The van der Waals surface area contributed by atoms with Gasteiger partial charge in [-0.2, -0.15) is 5.10 Å². The highest BCUT2D eigenvalue weighted by molar-refractivity contribution is 5.94. The Morgan fingerprint density at radius 2 is 1.95 bits per heavy atom. The van der Waals surface area contributed by atoms with E-state index in [-0.39, 0.29) is 18.3 Å². The van der Waals surface area contributed by atoms with E-state index in [1.165, 1.54) is 25.7 Å². The summed E-state index contributed by atoms with van der Waals surface area (Å²) in [6, 6.07) is 0.383. The monoisotopic (exact) mass is 312 g/mol. The molecule has 0 bridgehead atoms. The van der Waals surface area contributed by atoms with Crippen LogP contribution in [0.25, 0.3) is 0 Å². The minimum Gasteiger partial charge on any atom is -0.337 e. The maximum Gasteiger partial charge on any atom is 0.274 e. The Hall–Kier alpha value is -1.07. The van der Waals surface area contributed by atoms with Crippen molar-refractivity contribution in [2.24, 2.45) is 0 Å². The predicted molar refractivity (Wildman–Crippen MR) is 84.8 cm³/mol. The molecule has 118 valence electrons. The van der Waals surface area contributed by atoms with Crippen LogP contribution in [0.15, 0.2) is 0 Å². The van der Waals surface area contributed by atoms with E-state index < -0.39 is 0 Å². The van der Waals surface area contributed by atoms with Crippen LogP contribution in [0, 0.1) is 0 Å². The van der Waals surface area contributed by atoms with Gasteiger partial charge < -0.3 is 10.2 Å². The van der Waals surface area contributed by atoms with Crippen molar-refractivity contribution in [1.82, 2.24) is 20.4 Å². The van der Waals surface area contributed by atoms with Crippen LogP contribution < -0.4 is 5.32 Å². The van der Waals surface area contributed by atoms with Gasteiger partial charge in [-0.05, 0) is 12.8 Å². The zero-order valence-electron chi connectivity index (χ0n) is 12.7. The van der Waals surface area contributed by atoms with E-state index in [1.807, 2.05) is 11.9 Å². The molecular formula is C15H25ClN4O. The van der Waals surface area contributed by atoms with Crippen LogP contribution >= 0.6 is 12.4 Å². The fourth-order valence-electron chi connectivity index (χ4n) is 3.38. The largest absolute Gasteiger partial charge is 0.337 e. The molecule has 3 rings (SSSR count). The van der Waals surface area contributed by atoms with Gasteiger partial charge >= 0.3 is 0 Å². The van der Waals surface area contributed by atoms with Crippen molar-refractivity contribution in [2.45, 2.75) is 57.5 Å². The van der Waals surface area contributed by atoms with E-state index in [0.717, 1.165) is 43.6 Å². The number of nitrogens with one attached hydrogen (secondary N) is 2. The van der Waals surface area contributed by atoms with Gasteiger partial charge in [0.1, 0.15) is 0 Å². The number of hydrogen-bond donors (Lipinski definition) is 2. The van der Waals surface area contributed by atoms with Gasteiger partial charge in [-0.15, -0.1) is 12.4 Å². The highest BCUT2D eigenvalue weighted by atomic mass is 35.5. The predicted octanol–water partition coefficient (Wildman–Crippen LogP) is 2.27. The van der Waals surface area contributed by atoms with Crippen LogP contribution in [-0.4, -0.2) is 40.6 Å². The van der Waals surface area contributed by atoms with E-state index in [4.69, 9.17) is 0 Å². The molecule has 1 aliphatic carbocycles. The van der Waals surface area contributed by atoms with Crippen molar-refractivity contribution in [2.75, 3.05) is 13.6 Å². The maximum atomic E-state index is 12.7. The molecule has 2 heterocycles. The first-order chi connectivity index (χ1) is 9.77. The maximum absolute atomic E-state index is 12.7. The molecular weight excluding hydrogens is 288 g/mol. The van der Waals surface area contributed by atoms with Gasteiger partial charge in [0.15, 0.2) is 5.69 Å². The molecule has 0 saturated heterocycles. The van der Waals surface area contributed by atoms with Gasteiger partial charge in [-0.25, -0.2) is 0 Å². The first kappa shape index (κ1) is 16.3. The zero-order valence-corrected chi connectivity index (χ0v) is 13.5. The molecule has 1 aromatic rings. The molecule has 1 fully saturated rings. The summed E-state index contributed by atoms with van der Waals surface area (Å²) in [5.41, 5.74) is 2.82. The summed E-state index contributed by atoms with van der Waals surface area (Å²) in [4.78, 5) is 14.6. The van der Waals surface area contributed by atoms with E-state index in [2.05, 4.69) is 15.5 Å². The highest BCUT2D eigenvalue weighted by Gasteiger charge is 2.27. The van der Waals surface area contributed by atoms with Gasteiger partial charge in [-0.1, -0.05) is 25.7 Å². The Bertz CT molecular complexity index is 480. The number of halogens is 1. The third kappa shape index (κ3) is 3.40. The fraction of sp³-hybridized carbons (Fsp3) is 0.733. The van der Waals surface area contributed by atoms with E-state index in [0.29, 0.717) is 11.7 Å². The summed E-state index contributed by atoms with van der Waals surface area (Å²) >= 11 is 0. The molecule has 0 radical (unpaired) electrons. The van der Waals surface area contributed by atoms with Crippen molar-refractivity contribution >= 4 is 18.3 Å². The number of H-pyrrole nitrogens is 1. The molecule has 21 heavy (non-hydrogen) atoms. The fourth-order valence-corrected chi connectivity index (χ4v) is 3.38. The lowest BCUT2D eigenvalue weighted by molar-refractivity contribution is 0.0710. The number of fused-ring (bicyclic) bond motifs is 1. The number of aromatic amines is 1. The van der Waals surface area contributed by atoms with E-state index in [1.54, 1.807) is 0 Å². The summed E-state index contributed by atoms with van der Waals surface area (Å²) in [6.07, 6.45) is 8.29. The zero-order chi connectivity index (χ0) is 13.9. The summed E-state index contributed by atoms with van der Waals surface area (Å²) in [7, 11) is 1.94. The average molecular weight is 313 g/mol. The molecule has 0 spiro atoms. The van der Waals surface area contributed by atoms with Crippen molar-refractivity contribution in [3.05, 3.63) is 17.0 Å². The Labute approximate surface area is 132 Å². The topological polar surface area (TPSA) is 61.0 Å². The van der Waals surface area contributed by atoms with Crippen LogP contribution in [0.1, 0.15) is 60.3 Å². The number of nitrogens with zero attached hydrogens (tertiary/aromatic N) is 2. The Balaban J connectivity index is 0.00000161. The van der Waals surface area contributed by atoms with Crippen LogP contribution in [0.5, 0.6) is 0 Å². The lowest BCUT2D eigenvalue weighted by atomic mass is 10.0. The summed E-state index contributed by atoms with van der Waals surface area (Å²) in [6.45, 7) is 1.71. The van der Waals surface area contributed by atoms with Gasteiger partial charge in [0.25, 0.3) is 5.91 Å². The minimum absolute atomic E-state index is 0. The molecule has 2 N–H and O–H groups in total. The Morgan fingerprint density at radius 3 is 2.67 bits per heavy atom. The number of amides is 1. The molecule has 1 amide bonds. The smallest absolute Gasteiger partial charge is 0.274 e. The minimum atomic E-state index is 0. The van der Waals surface area contributed by atoms with E-state index >= 15 is 0 Å². The van der Waals surface area contributed by atoms with Crippen molar-refractivity contribution in [3.8, 4) is 0 Å². The lowest BCUT2D eigenvalue weighted by Gasteiger charge is -2.27. The lowest BCUT2D eigenvalue weighted by Crippen LogP contribution is -2.38.